The molecule has 1 unspecified atom stereocenters. The highest BCUT2D eigenvalue weighted by atomic mass is 35.5. The minimum atomic E-state index is -4.67. The molecule has 0 amide bonds. The second kappa shape index (κ2) is 20.7. The second-order valence-electron chi connectivity index (χ2n) is 9.59. The van der Waals surface area contributed by atoms with E-state index < -0.39 is 10.4 Å². The van der Waals surface area contributed by atoms with Crippen LogP contribution in [0.25, 0.3) is 0 Å². The topological polar surface area (TPSA) is 145 Å². The molecule has 0 saturated heterocycles. The summed E-state index contributed by atoms with van der Waals surface area (Å²) in [5, 5.41) is 8.02. The molecule has 0 aliphatic carbocycles. The van der Waals surface area contributed by atoms with Crippen LogP contribution >= 0.6 is 69.8 Å². The summed E-state index contributed by atoms with van der Waals surface area (Å²) in [5.74, 6) is 0.760. The summed E-state index contributed by atoms with van der Waals surface area (Å²) >= 11 is 31.9. The first kappa shape index (κ1) is 40.5. The minimum absolute atomic E-state index is 0.169. The van der Waals surface area contributed by atoms with Gasteiger partial charge >= 0.3 is 10.4 Å². The van der Waals surface area contributed by atoms with Crippen molar-refractivity contribution in [3.8, 4) is 0 Å². The van der Waals surface area contributed by atoms with Crippen LogP contribution in [0, 0.1) is 0 Å². The maximum absolute atomic E-state index is 8.74. The van der Waals surface area contributed by atoms with Crippen LogP contribution in [0.5, 0.6) is 0 Å². The average molecular weight is 807 g/mol. The number of imidazole rings is 1. The molecule has 5 rings (SSSR count). The Kier molecular flexibility index (Phi) is 17.1. The van der Waals surface area contributed by atoms with Gasteiger partial charge in [-0.25, -0.2) is 19.6 Å². The molecule has 260 valence electrons. The molecule has 11 nitrogen and oxygen atoms in total. The molecular formula is C31H29Cl5N6O5S2. The van der Waals surface area contributed by atoms with Crippen molar-refractivity contribution in [2.24, 2.45) is 4.99 Å². The van der Waals surface area contributed by atoms with E-state index in [-0.39, 0.29) is 6.10 Å². The quantitative estimate of drug-likeness (QED) is 0.0577. The number of ether oxygens (including phenoxy) is 1. The SMILES string of the molecule is C=CCOC(Cn1ccnc1)c1ccc(Cl)cc1Cl.Clc1ccc(CS/C(Cn2cncn2)=N\c2ccc(Cl)cc2Cl)cc1.O=S(=O)(O)O. The Morgan fingerprint density at radius 1 is 0.939 bits per heavy atom. The Bertz CT molecular complexity index is 1890. The smallest absolute Gasteiger partial charge is 0.368 e. The first-order chi connectivity index (χ1) is 23.3. The van der Waals surface area contributed by atoms with Gasteiger partial charge in [-0.05, 0) is 48.0 Å². The number of hydrogen-bond acceptors (Lipinski definition) is 8. The lowest BCUT2D eigenvalue weighted by Crippen LogP contribution is -2.12. The summed E-state index contributed by atoms with van der Waals surface area (Å²) < 4.78 is 41.0. The fraction of sp³-hybridized carbons (Fsp3) is 0.161. The van der Waals surface area contributed by atoms with Crippen molar-refractivity contribution in [1.29, 1.82) is 0 Å². The Hall–Kier alpha value is -2.95. The van der Waals surface area contributed by atoms with Gasteiger partial charge < -0.3 is 9.30 Å². The predicted octanol–water partition coefficient (Wildman–Crippen LogP) is 9.38. The molecule has 3 aromatic carbocycles. The lowest BCUT2D eigenvalue weighted by Gasteiger charge is -2.19. The second-order valence-corrected chi connectivity index (χ2v) is 13.7. The lowest BCUT2D eigenvalue weighted by atomic mass is 10.1. The third-order valence-corrected chi connectivity index (χ3v) is 8.28. The molecule has 0 saturated carbocycles. The monoisotopic (exact) mass is 804 g/mol. The van der Waals surface area contributed by atoms with Gasteiger partial charge in [-0.3, -0.25) is 9.11 Å². The molecule has 2 heterocycles. The largest absolute Gasteiger partial charge is 0.394 e. The van der Waals surface area contributed by atoms with Crippen molar-refractivity contribution in [1.82, 2.24) is 24.3 Å². The van der Waals surface area contributed by atoms with Crippen LogP contribution in [0.3, 0.4) is 0 Å². The molecule has 49 heavy (non-hydrogen) atoms. The van der Waals surface area contributed by atoms with E-state index in [1.807, 2.05) is 41.1 Å². The molecule has 0 radical (unpaired) electrons. The van der Waals surface area contributed by atoms with E-state index in [1.54, 1.807) is 71.7 Å². The van der Waals surface area contributed by atoms with Crippen LogP contribution in [-0.2, 0) is 34.0 Å². The molecule has 0 fully saturated rings. The van der Waals surface area contributed by atoms with Crippen molar-refractivity contribution < 1.29 is 22.3 Å². The van der Waals surface area contributed by atoms with Gasteiger partial charge in [-0.1, -0.05) is 82.3 Å². The van der Waals surface area contributed by atoms with E-state index in [4.69, 9.17) is 80.3 Å². The summed E-state index contributed by atoms with van der Waals surface area (Å²) in [5.41, 5.74) is 2.73. The van der Waals surface area contributed by atoms with Crippen molar-refractivity contribution in [3.63, 3.8) is 0 Å². The van der Waals surface area contributed by atoms with Crippen molar-refractivity contribution >= 4 is 90.9 Å². The minimum Gasteiger partial charge on any atom is -0.368 e. The van der Waals surface area contributed by atoms with E-state index in [9.17, 15) is 0 Å². The number of rotatable bonds is 11. The number of nitrogens with zero attached hydrogens (tertiary/aromatic N) is 6. The fourth-order valence-corrected chi connectivity index (χ4v) is 5.81. The lowest BCUT2D eigenvalue weighted by molar-refractivity contribution is 0.0608. The zero-order chi connectivity index (χ0) is 35.8. The van der Waals surface area contributed by atoms with Crippen molar-refractivity contribution in [3.05, 3.63) is 141 Å². The Morgan fingerprint density at radius 2 is 1.59 bits per heavy atom. The first-order valence-electron chi connectivity index (χ1n) is 13.9. The van der Waals surface area contributed by atoms with Gasteiger partial charge in [0.15, 0.2) is 0 Å². The van der Waals surface area contributed by atoms with Gasteiger partial charge in [0.1, 0.15) is 18.8 Å². The third kappa shape index (κ3) is 16.1. The van der Waals surface area contributed by atoms with E-state index in [1.165, 1.54) is 6.33 Å². The fourth-order valence-electron chi connectivity index (χ4n) is 3.79. The number of hydrogen-bond donors (Lipinski definition) is 2. The van der Waals surface area contributed by atoms with Crippen LogP contribution < -0.4 is 0 Å². The Labute approximate surface area is 313 Å². The van der Waals surface area contributed by atoms with Crippen LogP contribution in [-0.4, -0.2) is 53.5 Å². The molecule has 5 aromatic rings. The summed E-state index contributed by atoms with van der Waals surface area (Å²) in [7, 11) is -4.67. The molecular weight excluding hydrogens is 778 g/mol. The molecule has 0 bridgehead atoms. The van der Waals surface area contributed by atoms with E-state index in [2.05, 4.69) is 26.6 Å². The number of benzene rings is 3. The van der Waals surface area contributed by atoms with Crippen LogP contribution in [0.15, 0.2) is 110 Å². The Morgan fingerprint density at radius 3 is 2.16 bits per heavy atom. The van der Waals surface area contributed by atoms with E-state index in [0.717, 1.165) is 26.9 Å². The summed E-state index contributed by atoms with van der Waals surface area (Å²) in [4.78, 5) is 12.7. The van der Waals surface area contributed by atoms with Gasteiger partial charge in [0, 0.05) is 43.8 Å². The summed E-state index contributed by atoms with van der Waals surface area (Å²) in [6.07, 6.45) is 10.1. The summed E-state index contributed by atoms with van der Waals surface area (Å²) in [6, 6.07) is 18.4. The number of aromatic nitrogens is 5. The maximum atomic E-state index is 8.74. The van der Waals surface area contributed by atoms with Gasteiger partial charge in [-0.2, -0.15) is 13.5 Å². The van der Waals surface area contributed by atoms with Crippen molar-refractivity contribution in [2.45, 2.75) is 24.9 Å². The van der Waals surface area contributed by atoms with Crippen LogP contribution in [0.2, 0.25) is 25.1 Å². The number of thioether (sulfide) groups is 1. The standard InChI is InChI=1S/C17H13Cl3N4S.C14H14Cl2N2O.H2O4S/c18-13-3-1-12(2-4-13)9-25-17(8-24-11-21-10-22-24)23-16-6-5-14(19)7-15(16)20;1-2-7-19-14(9-18-6-5-17-10-18)12-4-3-11(15)8-13(12)16;1-5(2,3)4/h1-7,10-11H,8-9H2;2-6,8,10,14H,1,7,9H2;(H2,1,2,3,4)/b23-17-;;. The highest BCUT2D eigenvalue weighted by molar-refractivity contribution is 8.13. The predicted molar refractivity (Wildman–Crippen MR) is 198 cm³/mol. The highest BCUT2D eigenvalue weighted by Gasteiger charge is 2.16. The average Bonchev–Trinajstić information content (AvgIpc) is 3.75. The highest BCUT2D eigenvalue weighted by Crippen LogP contribution is 2.31. The number of aliphatic imine (C=N–C) groups is 1. The first-order valence-corrected chi connectivity index (χ1v) is 18.1. The molecule has 0 spiro atoms. The molecule has 2 N–H and O–H groups in total. The molecule has 0 aliphatic heterocycles. The zero-order valence-corrected chi connectivity index (χ0v) is 30.8. The zero-order valence-electron chi connectivity index (χ0n) is 25.4. The van der Waals surface area contributed by atoms with Gasteiger partial charge in [0.25, 0.3) is 0 Å². The normalized spacial score (nSPS) is 11.9. The third-order valence-electron chi connectivity index (χ3n) is 5.90. The summed E-state index contributed by atoms with van der Waals surface area (Å²) in [6.45, 7) is 5.26. The van der Waals surface area contributed by atoms with Gasteiger partial charge in [-0.15, -0.1) is 18.3 Å². The van der Waals surface area contributed by atoms with Crippen LogP contribution in [0.4, 0.5) is 5.69 Å². The number of halogens is 5. The van der Waals surface area contributed by atoms with Gasteiger partial charge in [0.2, 0.25) is 0 Å². The van der Waals surface area contributed by atoms with Crippen molar-refractivity contribution in [2.75, 3.05) is 6.61 Å². The Balaban J connectivity index is 0.000000240. The molecule has 0 aliphatic rings. The van der Waals surface area contributed by atoms with E-state index >= 15 is 0 Å². The van der Waals surface area contributed by atoms with Crippen LogP contribution in [0.1, 0.15) is 17.2 Å². The van der Waals surface area contributed by atoms with E-state index in [0.29, 0.717) is 45.5 Å². The van der Waals surface area contributed by atoms with Gasteiger partial charge in [0.05, 0.1) is 41.8 Å². The maximum Gasteiger partial charge on any atom is 0.394 e. The molecule has 1 atom stereocenters. The molecule has 18 heteroatoms. The molecule has 2 aromatic heterocycles.